The Morgan fingerprint density at radius 2 is 2.16 bits per heavy atom. The van der Waals surface area contributed by atoms with Crippen molar-refractivity contribution in [3.05, 3.63) is 74.8 Å². The molecule has 0 unspecified atom stereocenters. The minimum absolute atomic E-state index is 0.0716. The second-order valence-corrected chi connectivity index (χ2v) is 9.97. The molecular formula is C24H20ClF4N5O2S. The molecule has 0 aliphatic carbocycles. The smallest absolute Gasteiger partial charge is 0.333 e. The summed E-state index contributed by atoms with van der Waals surface area (Å²) in [5, 5.41) is 6.35. The van der Waals surface area contributed by atoms with E-state index in [2.05, 4.69) is 14.8 Å². The normalized spacial score (nSPS) is 21.4. The van der Waals surface area contributed by atoms with Crippen molar-refractivity contribution >= 4 is 40.3 Å². The lowest BCUT2D eigenvalue weighted by atomic mass is 9.90. The molecule has 13 heteroatoms. The molecule has 7 nitrogen and oxygen atoms in total. The van der Waals surface area contributed by atoms with Crippen molar-refractivity contribution in [2.24, 2.45) is 4.99 Å². The number of thiazole rings is 1. The molecule has 2 aromatic heterocycles. The maximum atomic E-state index is 16.2. The molecule has 2 aliphatic heterocycles. The quantitative estimate of drug-likeness (QED) is 0.273. The number of hydrogen-bond acceptors (Lipinski definition) is 7. The number of alkyl halides is 3. The van der Waals surface area contributed by atoms with Crippen molar-refractivity contribution in [2.75, 3.05) is 13.7 Å². The predicted molar refractivity (Wildman–Crippen MR) is 130 cm³/mol. The molecule has 3 aromatic rings. The van der Waals surface area contributed by atoms with Crippen LogP contribution in [0.4, 0.5) is 17.6 Å². The van der Waals surface area contributed by atoms with Crippen LogP contribution in [-0.4, -0.2) is 50.8 Å². The zero-order valence-corrected chi connectivity index (χ0v) is 20.9. The van der Waals surface area contributed by atoms with E-state index in [1.165, 1.54) is 36.6 Å². The van der Waals surface area contributed by atoms with E-state index in [-0.39, 0.29) is 36.5 Å². The number of nitrogens with zero attached hydrogens (tertiary/aromatic N) is 5. The monoisotopic (exact) mass is 553 g/mol. The number of amidine groups is 1. The Morgan fingerprint density at radius 3 is 2.81 bits per heavy atom. The largest absolute Gasteiger partial charge is 0.469 e. The zero-order valence-electron chi connectivity index (χ0n) is 19.4. The van der Waals surface area contributed by atoms with Gasteiger partial charge < -0.3 is 9.64 Å². The number of aromatic nitrogens is 3. The molecule has 0 N–H and O–H groups in total. The highest BCUT2D eigenvalue weighted by molar-refractivity contribution is 7.11. The first-order chi connectivity index (χ1) is 17.7. The van der Waals surface area contributed by atoms with Crippen LogP contribution in [0.5, 0.6) is 0 Å². The van der Waals surface area contributed by atoms with Crippen LogP contribution in [0, 0.1) is 5.82 Å². The number of carbonyl (C=O) groups excluding carboxylic acids is 1. The van der Waals surface area contributed by atoms with Crippen molar-refractivity contribution in [3.8, 4) is 0 Å². The highest BCUT2D eigenvalue weighted by atomic mass is 35.5. The Bertz CT molecular complexity index is 1390. The molecular weight excluding hydrogens is 534 g/mol. The van der Waals surface area contributed by atoms with Gasteiger partial charge in [-0.15, -0.1) is 11.3 Å². The van der Waals surface area contributed by atoms with E-state index in [4.69, 9.17) is 16.6 Å². The fraction of sp³-hybridized carbons (Fsp3) is 0.333. The number of esters is 1. The van der Waals surface area contributed by atoms with Gasteiger partial charge in [0.1, 0.15) is 17.5 Å². The van der Waals surface area contributed by atoms with E-state index in [1.807, 2.05) is 0 Å². The van der Waals surface area contributed by atoms with Crippen LogP contribution in [0.15, 0.2) is 52.7 Å². The molecule has 0 amide bonds. The minimum Gasteiger partial charge on any atom is -0.469 e. The second-order valence-electron chi connectivity index (χ2n) is 8.67. The molecule has 0 spiro atoms. The van der Waals surface area contributed by atoms with E-state index in [0.29, 0.717) is 32.4 Å². The maximum Gasteiger partial charge on any atom is 0.333 e. The summed E-state index contributed by atoms with van der Waals surface area (Å²) in [6.45, 7) is -3.02. The van der Waals surface area contributed by atoms with Crippen LogP contribution in [0.3, 0.4) is 0 Å². The number of fused-ring (bicyclic) bond motifs is 1. The van der Waals surface area contributed by atoms with Gasteiger partial charge in [-0.05, 0) is 24.6 Å². The fourth-order valence-electron chi connectivity index (χ4n) is 4.61. The number of benzene rings is 1. The van der Waals surface area contributed by atoms with E-state index in [1.54, 1.807) is 16.5 Å². The molecule has 5 rings (SSSR count). The number of carbonyl (C=O) groups is 1. The molecule has 0 saturated carbocycles. The molecule has 0 radical (unpaired) electrons. The first-order valence-corrected chi connectivity index (χ1v) is 12.5. The van der Waals surface area contributed by atoms with E-state index in [9.17, 15) is 18.0 Å². The summed E-state index contributed by atoms with van der Waals surface area (Å²) >= 11 is 7.71. The molecule has 2 aliphatic rings. The SMILES string of the molecule is COC(=O)CC[C@@]1(F)CC2=C(c3ccn(C(F)F)n3)[C@H](c3ccc(F)cc3Cl)N=C(c3nccs3)N2C1. The Labute approximate surface area is 218 Å². The summed E-state index contributed by atoms with van der Waals surface area (Å²) in [6, 6.07) is 4.30. The second kappa shape index (κ2) is 9.90. The zero-order chi connectivity index (χ0) is 26.3. The Kier molecular flexibility index (Phi) is 6.80. The first kappa shape index (κ1) is 25.4. The molecule has 0 bridgehead atoms. The number of aliphatic imine (C=N–C) groups is 1. The number of halogens is 5. The van der Waals surface area contributed by atoms with Crippen LogP contribution < -0.4 is 0 Å². The van der Waals surface area contributed by atoms with Gasteiger partial charge in [0.25, 0.3) is 0 Å². The number of allylic oxidation sites excluding steroid dienone is 1. The van der Waals surface area contributed by atoms with Crippen molar-refractivity contribution in [1.29, 1.82) is 0 Å². The van der Waals surface area contributed by atoms with E-state index >= 15 is 4.39 Å². The summed E-state index contributed by atoms with van der Waals surface area (Å²) in [5.41, 5.74) is -0.468. The molecule has 4 heterocycles. The van der Waals surface area contributed by atoms with Gasteiger partial charge in [-0.1, -0.05) is 17.7 Å². The number of hydrogen-bond donors (Lipinski definition) is 0. The molecule has 1 saturated heterocycles. The van der Waals surface area contributed by atoms with Gasteiger partial charge in [0.05, 0.1) is 19.3 Å². The topological polar surface area (TPSA) is 72.6 Å². The minimum atomic E-state index is -2.88. The lowest BCUT2D eigenvalue weighted by Gasteiger charge is -2.32. The van der Waals surface area contributed by atoms with Crippen LogP contribution in [-0.2, 0) is 9.53 Å². The fourth-order valence-corrected chi connectivity index (χ4v) is 5.53. The van der Waals surface area contributed by atoms with Crippen LogP contribution >= 0.6 is 22.9 Å². The summed E-state index contributed by atoms with van der Waals surface area (Å²) in [7, 11) is 1.23. The van der Waals surface area contributed by atoms with Crippen molar-refractivity contribution in [2.45, 2.75) is 37.5 Å². The van der Waals surface area contributed by atoms with Gasteiger partial charge in [-0.25, -0.2) is 18.4 Å². The highest BCUT2D eigenvalue weighted by Crippen LogP contribution is 2.49. The Hall–Kier alpha value is -3.25. The average Bonchev–Trinajstić information content (AvgIpc) is 3.62. The van der Waals surface area contributed by atoms with Crippen LogP contribution in [0.2, 0.25) is 5.02 Å². The summed E-state index contributed by atoms with van der Waals surface area (Å²) in [5.74, 6) is -0.737. The van der Waals surface area contributed by atoms with E-state index < -0.39 is 30.0 Å². The molecule has 37 heavy (non-hydrogen) atoms. The number of ether oxygens (including phenoxy) is 1. The third-order valence-corrected chi connectivity index (χ3v) is 7.41. The van der Waals surface area contributed by atoms with Crippen LogP contribution in [0.1, 0.15) is 48.1 Å². The van der Waals surface area contributed by atoms with Gasteiger partial charge in [0.2, 0.25) is 0 Å². The maximum absolute atomic E-state index is 16.2. The third-order valence-electron chi connectivity index (χ3n) is 6.31. The summed E-state index contributed by atoms with van der Waals surface area (Å²) in [4.78, 5) is 22.6. The average molecular weight is 554 g/mol. The van der Waals surface area contributed by atoms with Crippen molar-refractivity contribution in [3.63, 3.8) is 0 Å². The lowest BCUT2D eigenvalue weighted by Crippen LogP contribution is -2.36. The molecule has 1 fully saturated rings. The van der Waals surface area contributed by atoms with Gasteiger partial charge >= 0.3 is 12.5 Å². The van der Waals surface area contributed by atoms with Crippen LogP contribution in [0.25, 0.3) is 5.57 Å². The van der Waals surface area contributed by atoms with Gasteiger partial charge in [-0.2, -0.15) is 13.9 Å². The Morgan fingerprint density at radius 1 is 1.35 bits per heavy atom. The van der Waals surface area contributed by atoms with Gasteiger partial charge in [0, 0.05) is 52.5 Å². The number of methoxy groups -OCH3 is 1. The van der Waals surface area contributed by atoms with Gasteiger partial charge in [0.15, 0.2) is 10.8 Å². The standard InChI is InChI=1S/C24H20ClF4N5O2S/c1-36-18(35)4-6-24(29)11-17-19(16-5-8-34(32-16)23(27)28)20(14-3-2-13(26)10-15(14)25)31-21(33(17)12-24)22-30-7-9-37-22/h2-3,5,7-10,20,23H,4,6,11-12H2,1H3/t20-,24+/m0/s1. The molecule has 2 atom stereocenters. The summed E-state index contributed by atoms with van der Waals surface area (Å²) < 4.78 is 62.1. The number of rotatable bonds is 7. The third kappa shape index (κ3) is 4.87. The predicted octanol–water partition coefficient (Wildman–Crippen LogP) is 5.81. The van der Waals surface area contributed by atoms with E-state index in [0.717, 1.165) is 12.3 Å². The highest BCUT2D eigenvalue weighted by Gasteiger charge is 2.48. The van der Waals surface area contributed by atoms with Crippen molar-refractivity contribution < 1.29 is 27.1 Å². The summed E-state index contributed by atoms with van der Waals surface area (Å²) in [6.07, 6.45) is 2.31. The van der Waals surface area contributed by atoms with Gasteiger partial charge in [-0.3, -0.25) is 9.79 Å². The van der Waals surface area contributed by atoms with Crippen molar-refractivity contribution in [1.82, 2.24) is 19.7 Å². The first-order valence-electron chi connectivity index (χ1n) is 11.2. The lowest BCUT2D eigenvalue weighted by molar-refractivity contribution is -0.141. The Balaban J connectivity index is 1.69. The molecule has 1 aromatic carbocycles. The molecule has 194 valence electrons.